The standard InChI is InChI=1S/C19H34N2O.C2HF3O2/c1-15-6-8-17(9-7-15)19(22)21-13-10-16(11-14-21)18-5-3-4-12-20(18)2;3-2(4,5)1(6)7/h15-18H,3-14H2,1-2H3;(H,6,7). The number of halogens is 3. The lowest BCUT2D eigenvalue weighted by atomic mass is 9.81. The molecule has 1 atom stereocenters. The molecule has 2 aliphatic heterocycles. The average Bonchev–Trinajstić information content (AvgIpc) is 2.68. The molecule has 8 heteroatoms. The molecule has 5 nitrogen and oxygen atoms in total. The highest BCUT2D eigenvalue weighted by Crippen LogP contribution is 2.33. The first-order valence-corrected chi connectivity index (χ1v) is 10.9. The van der Waals surface area contributed by atoms with Crippen molar-refractivity contribution in [2.24, 2.45) is 17.8 Å². The third-order valence-corrected chi connectivity index (χ3v) is 6.83. The molecule has 0 aromatic carbocycles. The maximum Gasteiger partial charge on any atom is 0.490 e. The summed E-state index contributed by atoms with van der Waals surface area (Å²) in [5.74, 6) is -0.294. The molecule has 0 radical (unpaired) electrons. The molecule has 1 N–H and O–H groups in total. The van der Waals surface area contributed by atoms with Gasteiger partial charge in [0, 0.05) is 25.0 Å². The number of likely N-dealkylation sites (tertiary alicyclic amines) is 2. The van der Waals surface area contributed by atoms with E-state index in [0.29, 0.717) is 11.8 Å². The van der Waals surface area contributed by atoms with Gasteiger partial charge >= 0.3 is 12.1 Å². The summed E-state index contributed by atoms with van der Waals surface area (Å²) >= 11 is 0. The lowest BCUT2D eigenvalue weighted by Gasteiger charge is -2.43. The van der Waals surface area contributed by atoms with Gasteiger partial charge in [-0.15, -0.1) is 0 Å². The van der Waals surface area contributed by atoms with E-state index in [1.54, 1.807) is 0 Å². The number of carbonyl (C=O) groups is 2. The van der Waals surface area contributed by atoms with Gasteiger partial charge in [-0.3, -0.25) is 4.79 Å². The van der Waals surface area contributed by atoms with Crippen molar-refractivity contribution in [1.82, 2.24) is 9.80 Å². The molecule has 1 amide bonds. The monoisotopic (exact) mass is 420 g/mol. The van der Waals surface area contributed by atoms with Crippen LogP contribution >= 0.6 is 0 Å². The summed E-state index contributed by atoms with van der Waals surface area (Å²) in [5.41, 5.74) is 0. The van der Waals surface area contributed by atoms with E-state index in [2.05, 4.69) is 23.8 Å². The van der Waals surface area contributed by atoms with Crippen molar-refractivity contribution >= 4 is 11.9 Å². The first kappa shape index (κ1) is 24.0. The molecule has 0 spiro atoms. The topological polar surface area (TPSA) is 60.9 Å². The van der Waals surface area contributed by atoms with E-state index in [1.807, 2.05) is 0 Å². The minimum atomic E-state index is -5.08. The zero-order valence-electron chi connectivity index (χ0n) is 17.6. The number of rotatable bonds is 2. The highest BCUT2D eigenvalue weighted by molar-refractivity contribution is 5.79. The smallest absolute Gasteiger partial charge is 0.475 e. The zero-order valence-corrected chi connectivity index (χ0v) is 17.6. The number of nitrogens with zero attached hydrogens (tertiary/aromatic N) is 2. The molecule has 0 bridgehead atoms. The Labute approximate surface area is 171 Å². The lowest BCUT2D eigenvalue weighted by Crippen LogP contribution is -2.48. The minimum Gasteiger partial charge on any atom is -0.475 e. The third-order valence-electron chi connectivity index (χ3n) is 6.83. The van der Waals surface area contributed by atoms with Gasteiger partial charge < -0.3 is 14.9 Å². The molecule has 1 unspecified atom stereocenters. The largest absolute Gasteiger partial charge is 0.490 e. The Balaban J connectivity index is 0.000000370. The number of carboxylic acid groups (broad SMARTS) is 1. The Morgan fingerprint density at radius 1 is 0.897 bits per heavy atom. The van der Waals surface area contributed by atoms with Gasteiger partial charge in [0.2, 0.25) is 5.91 Å². The van der Waals surface area contributed by atoms with Gasteiger partial charge in [-0.1, -0.05) is 13.3 Å². The Kier molecular flexibility index (Phi) is 8.79. The molecule has 3 aliphatic rings. The van der Waals surface area contributed by atoms with Crippen LogP contribution in [0.25, 0.3) is 0 Å². The highest BCUT2D eigenvalue weighted by atomic mass is 19.4. The van der Waals surface area contributed by atoms with Gasteiger partial charge in [-0.05, 0) is 76.8 Å². The van der Waals surface area contributed by atoms with Crippen LogP contribution in [-0.2, 0) is 9.59 Å². The van der Waals surface area contributed by atoms with Crippen LogP contribution in [0.1, 0.15) is 64.7 Å². The van der Waals surface area contributed by atoms with Crippen LogP contribution in [0.15, 0.2) is 0 Å². The second-order valence-corrected chi connectivity index (χ2v) is 8.97. The fourth-order valence-corrected chi connectivity index (χ4v) is 4.97. The maximum absolute atomic E-state index is 12.7. The van der Waals surface area contributed by atoms with Crippen LogP contribution in [-0.4, -0.2) is 65.7 Å². The summed E-state index contributed by atoms with van der Waals surface area (Å²) < 4.78 is 31.7. The normalized spacial score (nSPS) is 29.7. The van der Waals surface area contributed by atoms with Gasteiger partial charge in [0.05, 0.1) is 0 Å². The van der Waals surface area contributed by atoms with Crippen molar-refractivity contribution in [2.45, 2.75) is 76.9 Å². The Morgan fingerprint density at radius 2 is 1.45 bits per heavy atom. The van der Waals surface area contributed by atoms with E-state index in [4.69, 9.17) is 9.90 Å². The molecule has 2 saturated heterocycles. The first-order valence-electron chi connectivity index (χ1n) is 10.9. The number of aliphatic carboxylic acids is 1. The molecule has 0 aromatic heterocycles. The second kappa shape index (κ2) is 10.6. The second-order valence-electron chi connectivity index (χ2n) is 8.97. The molecular formula is C21H35F3N2O3. The Hall–Kier alpha value is -1.31. The number of hydrogen-bond donors (Lipinski definition) is 1. The first-order chi connectivity index (χ1) is 13.6. The van der Waals surface area contributed by atoms with Gasteiger partial charge in [0.15, 0.2) is 0 Å². The Bertz CT molecular complexity index is 540. The van der Waals surface area contributed by atoms with Crippen molar-refractivity contribution in [1.29, 1.82) is 0 Å². The van der Waals surface area contributed by atoms with E-state index in [1.165, 1.54) is 51.5 Å². The summed E-state index contributed by atoms with van der Waals surface area (Å²) in [4.78, 5) is 26.4. The summed E-state index contributed by atoms with van der Waals surface area (Å²) in [6.07, 6.45) is 6.26. The van der Waals surface area contributed by atoms with E-state index in [9.17, 15) is 18.0 Å². The number of alkyl halides is 3. The number of piperidine rings is 2. The van der Waals surface area contributed by atoms with E-state index >= 15 is 0 Å². The molecule has 29 heavy (non-hydrogen) atoms. The van der Waals surface area contributed by atoms with Gasteiger partial charge in [-0.2, -0.15) is 13.2 Å². The third kappa shape index (κ3) is 7.15. The number of carbonyl (C=O) groups excluding carboxylic acids is 1. The van der Waals surface area contributed by atoms with Gasteiger partial charge in [-0.25, -0.2) is 4.79 Å². The van der Waals surface area contributed by atoms with Crippen LogP contribution < -0.4 is 0 Å². The van der Waals surface area contributed by atoms with E-state index in [0.717, 1.165) is 43.8 Å². The zero-order chi connectivity index (χ0) is 21.6. The molecule has 168 valence electrons. The number of amides is 1. The van der Waals surface area contributed by atoms with Crippen LogP contribution in [0.2, 0.25) is 0 Å². The van der Waals surface area contributed by atoms with Crippen LogP contribution in [0.4, 0.5) is 13.2 Å². The molecule has 1 aliphatic carbocycles. The molecule has 1 saturated carbocycles. The molecular weight excluding hydrogens is 385 g/mol. The van der Waals surface area contributed by atoms with Gasteiger partial charge in [0.1, 0.15) is 0 Å². The summed E-state index contributed by atoms with van der Waals surface area (Å²) in [7, 11) is 2.30. The summed E-state index contributed by atoms with van der Waals surface area (Å²) in [6.45, 7) is 5.62. The number of hydrogen-bond acceptors (Lipinski definition) is 3. The molecule has 3 fully saturated rings. The quantitative estimate of drug-likeness (QED) is 0.728. The van der Waals surface area contributed by atoms with Crippen LogP contribution in [0.3, 0.4) is 0 Å². The van der Waals surface area contributed by atoms with Crippen molar-refractivity contribution < 1.29 is 27.9 Å². The fraction of sp³-hybridized carbons (Fsp3) is 0.905. The van der Waals surface area contributed by atoms with Gasteiger partial charge in [0.25, 0.3) is 0 Å². The van der Waals surface area contributed by atoms with Crippen molar-refractivity contribution in [2.75, 3.05) is 26.7 Å². The predicted molar refractivity (Wildman–Crippen MR) is 104 cm³/mol. The van der Waals surface area contributed by atoms with Crippen LogP contribution in [0, 0.1) is 17.8 Å². The Morgan fingerprint density at radius 3 is 1.93 bits per heavy atom. The summed E-state index contributed by atoms with van der Waals surface area (Å²) in [5, 5.41) is 7.12. The fourth-order valence-electron chi connectivity index (χ4n) is 4.97. The molecule has 3 rings (SSSR count). The molecule has 0 aromatic rings. The average molecular weight is 421 g/mol. The van der Waals surface area contributed by atoms with Crippen molar-refractivity contribution in [3.05, 3.63) is 0 Å². The predicted octanol–water partition coefficient (Wildman–Crippen LogP) is 4.17. The lowest BCUT2D eigenvalue weighted by molar-refractivity contribution is -0.192. The van der Waals surface area contributed by atoms with E-state index in [-0.39, 0.29) is 0 Å². The van der Waals surface area contributed by atoms with Crippen molar-refractivity contribution in [3.8, 4) is 0 Å². The van der Waals surface area contributed by atoms with Crippen LogP contribution in [0.5, 0.6) is 0 Å². The minimum absolute atomic E-state index is 0.338. The molecule has 2 heterocycles. The number of carboxylic acids is 1. The van der Waals surface area contributed by atoms with E-state index < -0.39 is 12.1 Å². The summed E-state index contributed by atoms with van der Waals surface area (Å²) in [6, 6.07) is 0.779. The maximum atomic E-state index is 12.7. The SMILES string of the molecule is CC1CCC(C(=O)N2CCC(C3CCCCN3C)CC2)CC1.O=C(O)C(F)(F)F. The highest BCUT2D eigenvalue weighted by Gasteiger charge is 2.38. The van der Waals surface area contributed by atoms with Crippen molar-refractivity contribution in [3.63, 3.8) is 0 Å².